The van der Waals surface area contributed by atoms with Crippen LogP contribution in [0.3, 0.4) is 0 Å². The van der Waals surface area contributed by atoms with Crippen molar-refractivity contribution in [1.82, 2.24) is 5.32 Å². The lowest BCUT2D eigenvalue weighted by atomic mass is 10.2. The predicted molar refractivity (Wildman–Crippen MR) is 114 cm³/mol. The van der Waals surface area contributed by atoms with Crippen LogP contribution in [-0.4, -0.2) is 39.4 Å². The molecular formula is C19H22ClFN2O3S2. The molecule has 0 aromatic heterocycles. The molecule has 0 bridgehead atoms. The zero-order valence-electron chi connectivity index (χ0n) is 15.6. The first kappa shape index (κ1) is 22.5. The Kier molecular flexibility index (Phi) is 8.15. The van der Waals surface area contributed by atoms with Crippen LogP contribution in [0.15, 0.2) is 42.5 Å². The summed E-state index contributed by atoms with van der Waals surface area (Å²) in [6, 6.07) is 11.4. The minimum Gasteiger partial charge on any atom is -0.354 e. The third-order valence-corrected chi connectivity index (χ3v) is 6.47. The second-order valence-corrected chi connectivity index (χ2v) is 9.62. The summed E-state index contributed by atoms with van der Waals surface area (Å²) in [5.41, 5.74) is 1.76. The van der Waals surface area contributed by atoms with Gasteiger partial charge in [0.1, 0.15) is 12.4 Å². The predicted octanol–water partition coefficient (Wildman–Crippen LogP) is 3.60. The van der Waals surface area contributed by atoms with Crippen LogP contribution < -0.4 is 9.62 Å². The summed E-state index contributed by atoms with van der Waals surface area (Å²) in [7, 11) is -3.65. The Morgan fingerprint density at radius 3 is 2.61 bits per heavy atom. The van der Waals surface area contributed by atoms with Gasteiger partial charge in [0.15, 0.2) is 0 Å². The molecule has 0 spiro atoms. The minimum absolute atomic E-state index is 0.250. The van der Waals surface area contributed by atoms with Crippen molar-refractivity contribution in [3.63, 3.8) is 0 Å². The number of benzene rings is 2. The molecule has 152 valence electrons. The van der Waals surface area contributed by atoms with Gasteiger partial charge in [0.2, 0.25) is 15.9 Å². The summed E-state index contributed by atoms with van der Waals surface area (Å²) >= 11 is 7.56. The first-order valence-corrected chi connectivity index (χ1v) is 11.9. The molecule has 0 aliphatic carbocycles. The van der Waals surface area contributed by atoms with E-state index in [0.29, 0.717) is 34.3 Å². The van der Waals surface area contributed by atoms with Gasteiger partial charge in [-0.15, -0.1) is 0 Å². The monoisotopic (exact) mass is 444 g/mol. The smallest absolute Gasteiger partial charge is 0.240 e. The first-order chi connectivity index (χ1) is 13.2. The number of aryl methyl sites for hydroxylation is 1. The molecular weight excluding hydrogens is 423 g/mol. The number of halogens is 2. The Balaban J connectivity index is 1.86. The van der Waals surface area contributed by atoms with Crippen LogP contribution in [0.4, 0.5) is 10.1 Å². The Morgan fingerprint density at radius 1 is 1.25 bits per heavy atom. The van der Waals surface area contributed by atoms with Crippen molar-refractivity contribution >= 4 is 45.0 Å². The standard InChI is InChI=1S/C19H22ClFN2O3S2/c1-14-7-8-16(11-17(14)20)23(28(2,25)26)12-19(24)22-9-10-27-13-15-5-3-4-6-18(15)21/h3-8,11H,9-10,12-13H2,1-2H3,(H,22,24). The number of carbonyl (C=O) groups excluding carboxylic acids is 1. The van der Waals surface area contributed by atoms with E-state index in [1.807, 2.05) is 6.92 Å². The number of amides is 1. The molecule has 0 aliphatic rings. The van der Waals surface area contributed by atoms with E-state index in [1.165, 1.54) is 23.9 Å². The van der Waals surface area contributed by atoms with E-state index in [-0.39, 0.29) is 12.4 Å². The number of rotatable bonds is 9. The molecule has 1 amide bonds. The topological polar surface area (TPSA) is 66.5 Å². The summed E-state index contributed by atoms with van der Waals surface area (Å²) < 4.78 is 38.7. The summed E-state index contributed by atoms with van der Waals surface area (Å²) in [6.07, 6.45) is 1.04. The summed E-state index contributed by atoms with van der Waals surface area (Å²) in [5, 5.41) is 3.12. The Bertz CT molecular complexity index is 939. The average Bonchev–Trinajstić information content (AvgIpc) is 2.62. The molecule has 2 rings (SSSR count). The van der Waals surface area contributed by atoms with Crippen molar-refractivity contribution in [3.8, 4) is 0 Å². The van der Waals surface area contributed by atoms with E-state index in [1.54, 1.807) is 30.3 Å². The molecule has 5 nitrogen and oxygen atoms in total. The molecule has 0 radical (unpaired) electrons. The fraction of sp³-hybridized carbons (Fsp3) is 0.316. The van der Waals surface area contributed by atoms with Gasteiger partial charge in [-0.3, -0.25) is 9.10 Å². The summed E-state index contributed by atoms with van der Waals surface area (Å²) in [4.78, 5) is 12.2. The van der Waals surface area contributed by atoms with Crippen LogP contribution in [-0.2, 0) is 20.6 Å². The second-order valence-electron chi connectivity index (χ2n) is 6.20. The van der Waals surface area contributed by atoms with Crippen LogP contribution in [0.25, 0.3) is 0 Å². The van der Waals surface area contributed by atoms with E-state index >= 15 is 0 Å². The lowest BCUT2D eigenvalue weighted by Gasteiger charge is -2.22. The number of nitrogens with zero attached hydrogens (tertiary/aromatic N) is 1. The fourth-order valence-electron chi connectivity index (χ4n) is 2.38. The van der Waals surface area contributed by atoms with Gasteiger partial charge in [-0.1, -0.05) is 35.9 Å². The maximum Gasteiger partial charge on any atom is 0.240 e. The van der Waals surface area contributed by atoms with Gasteiger partial charge < -0.3 is 5.32 Å². The third-order valence-electron chi connectivity index (χ3n) is 3.91. The highest BCUT2D eigenvalue weighted by Gasteiger charge is 2.21. The molecule has 2 aromatic carbocycles. The first-order valence-electron chi connectivity index (χ1n) is 8.50. The molecule has 9 heteroatoms. The average molecular weight is 445 g/mol. The van der Waals surface area contributed by atoms with Crippen molar-refractivity contribution in [2.45, 2.75) is 12.7 Å². The molecule has 1 N–H and O–H groups in total. The molecule has 0 saturated carbocycles. The SMILES string of the molecule is Cc1ccc(N(CC(=O)NCCSCc2ccccc2F)S(C)(=O)=O)cc1Cl. The van der Waals surface area contributed by atoms with Gasteiger partial charge in [-0.05, 0) is 36.2 Å². The lowest BCUT2D eigenvalue weighted by molar-refractivity contribution is -0.119. The zero-order valence-corrected chi connectivity index (χ0v) is 18.0. The molecule has 0 fully saturated rings. The Hall–Kier alpha value is -1.77. The fourth-order valence-corrected chi connectivity index (χ4v) is 4.25. The van der Waals surface area contributed by atoms with Gasteiger partial charge in [0.05, 0.1) is 11.9 Å². The second kappa shape index (κ2) is 10.1. The maximum absolute atomic E-state index is 13.5. The molecule has 0 atom stereocenters. The van der Waals surface area contributed by atoms with E-state index in [0.717, 1.165) is 16.1 Å². The minimum atomic E-state index is -3.65. The van der Waals surface area contributed by atoms with Crippen LogP contribution in [0.1, 0.15) is 11.1 Å². The van der Waals surface area contributed by atoms with Gasteiger partial charge in [0.25, 0.3) is 0 Å². The van der Waals surface area contributed by atoms with E-state index in [2.05, 4.69) is 5.32 Å². The molecule has 0 aliphatic heterocycles. The highest BCUT2D eigenvalue weighted by atomic mass is 35.5. The quantitative estimate of drug-likeness (QED) is 0.600. The molecule has 0 unspecified atom stereocenters. The highest BCUT2D eigenvalue weighted by molar-refractivity contribution is 7.98. The van der Waals surface area contributed by atoms with Crippen molar-refractivity contribution in [1.29, 1.82) is 0 Å². The number of sulfonamides is 1. The van der Waals surface area contributed by atoms with Crippen molar-refractivity contribution in [2.24, 2.45) is 0 Å². The Labute approximate surface area is 174 Å². The molecule has 0 saturated heterocycles. The van der Waals surface area contributed by atoms with Gasteiger partial charge in [-0.2, -0.15) is 11.8 Å². The number of nitrogens with one attached hydrogen (secondary N) is 1. The number of thioether (sulfide) groups is 1. The van der Waals surface area contributed by atoms with Crippen LogP contribution in [0, 0.1) is 12.7 Å². The van der Waals surface area contributed by atoms with Crippen molar-refractivity contribution < 1.29 is 17.6 Å². The van der Waals surface area contributed by atoms with Gasteiger partial charge in [-0.25, -0.2) is 12.8 Å². The number of carbonyl (C=O) groups is 1. The molecule has 2 aromatic rings. The van der Waals surface area contributed by atoms with Gasteiger partial charge in [0, 0.05) is 23.1 Å². The van der Waals surface area contributed by atoms with Gasteiger partial charge >= 0.3 is 0 Å². The van der Waals surface area contributed by atoms with E-state index in [9.17, 15) is 17.6 Å². The highest BCUT2D eigenvalue weighted by Crippen LogP contribution is 2.24. The lowest BCUT2D eigenvalue weighted by Crippen LogP contribution is -2.41. The van der Waals surface area contributed by atoms with Crippen LogP contribution in [0.2, 0.25) is 5.02 Å². The van der Waals surface area contributed by atoms with E-state index < -0.39 is 15.9 Å². The molecule has 0 heterocycles. The Morgan fingerprint density at radius 2 is 1.96 bits per heavy atom. The van der Waals surface area contributed by atoms with Crippen LogP contribution >= 0.6 is 23.4 Å². The molecule has 28 heavy (non-hydrogen) atoms. The maximum atomic E-state index is 13.5. The number of hydrogen-bond donors (Lipinski definition) is 1. The van der Waals surface area contributed by atoms with Crippen molar-refractivity contribution in [2.75, 3.05) is 29.4 Å². The van der Waals surface area contributed by atoms with E-state index in [4.69, 9.17) is 11.6 Å². The summed E-state index contributed by atoms with van der Waals surface area (Å²) in [5.74, 6) is 0.406. The van der Waals surface area contributed by atoms with Crippen LogP contribution in [0.5, 0.6) is 0 Å². The number of hydrogen-bond acceptors (Lipinski definition) is 4. The summed E-state index contributed by atoms with van der Waals surface area (Å²) in [6.45, 7) is 1.82. The largest absolute Gasteiger partial charge is 0.354 e. The number of anilines is 1. The third kappa shape index (κ3) is 6.68. The normalized spacial score (nSPS) is 11.3. The zero-order chi connectivity index (χ0) is 20.7. The van der Waals surface area contributed by atoms with Crippen molar-refractivity contribution in [3.05, 3.63) is 64.4 Å².